The molecule has 1 aliphatic carbocycles. The van der Waals surface area contributed by atoms with Crippen molar-refractivity contribution in [2.24, 2.45) is 5.92 Å². The van der Waals surface area contributed by atoms with Gasteiger partial charge in [-0.25, -0.2) is 8.42 Å². The minimum Gasteiger partial charge on any atom is -0.455 e. The molecule has 0 spiro atoms. The van der Waals surface area contributed by atoms with Crippen molar-refractivity contribution in [3.63, 3.8) is 0 Å². The fourth-order valence-corrected chi connectivity index (χ4v) is 3.68. The van der Waals surface area contributed by atoms with Crippen molar-refractivity contribution >= 4 is 33.3 Å². The van der Waals surface area contributed by atoms with Gasteiger partial charge in [-0.05, 0) is 43.2 Å². The van der Waals surface area contributed by atoms with Crippen molar-refractivity contribution < 1.29 is 22.7 Å². The van der Waals surface area contributed by atoms with Gasteiger partial charge in [0, 0.05) is 12.7 Å². The van der Waals surface area contributed by atoms with Gasteiger partial charge in [0.05, 0.1) is 16.5 Å². The molecule has 0 atom stereocenters. The largest absolute Gasteiger partial charge is 0.455 e. The summed E-state index contributed by atoms with van der Waals surface area (Å²) < 4.78 is 31.7. The lowest BCUT2D eigenvalue weighted by Crippen LogP contribution is -2.26. The topological polar surface area (TPSA) is 92.8 Å². The van der Waals surface area contributed by atoms with Crippen LogP contribution in [0.4, 0.5) is 11.4 Å². The van der Waals surface area contributed by atoms with Gasteiger partial charge in [-0.3, -0.25) is 13.9 Å². The van der Waals surface area contributed by atoms with Crippen LogP contribution in [0.15, 0.2) is 59.5 Å². The molecule has 0 aromatic heterocycles. The summed E-state index contributed by atoms with van der Waals surface area (Å²) in [7, 11) is -2.32. The molecule has 0 heterocycles. The highest BCUT2D eigenvalue weighted by Crippen LogP contribution is 2.30. The quantitative estimate of drug-likeness (QED) is 0.735. The third-order valence-corrected chi connectivity index (χ3v) is 5.93. The number of hydrogen-bond donors (Lipinski definition) is 1. The molecule has 0 aliphatic heterocycles. The van der Waals surface area contributed by atoms with Gasteiger partial charge in [0.25, 0.3) is 15.9 Å². The van der Waals surface area contributed by atoms with E-state index < -0.39 is 22.5 Å². The number of para-hydroxylation sites is 1. The number of rotatable bonds is 7. The van der Waals surface area contributed by atoms with Gasteiger partial charge in [0.2, 0.25) is 0 Å². The maximum atomic E-state index is 12.8. The van der Waals surface area contributed by atoms with Crippen LogP contribution in [-0.4, -0.2) is 33.9 Å². The monoisotopic (exact) mass is 388 g/mol. The Morgan fingerprint density at radius 1 is 1.11 bits per heavy atom. The Balaban J connectivity index is 1.68. The minimum absolute atomic E-state index is 0.0432. The Morgan fingerprint density at radius 2 is 1.81 bits per heavy atom. The summed E-state index contributed by atoms with van der Waals surface area (Å²) in [6.45, 7) is -0.393. The summed E-state index contributed by atoms with van der Waals surface area (Å²) in [5.41, 5.74) is 0.837. The Bertz CT molecular complexity index is 940. The van der Waals surface area contributed by atoms with E-state index in [0.717, 1.165) is 12.8 Å². The number of hydrogen-bond acceptors (Lipinski definition) is 5. The van der Waals surface area contributed by atoms with Crippen LogP contribution in [0.5, 0.6) is 0 Å². The highest BCUT2D eigenvalue weighted by molar-refractivity contribution is 7.92. The van der Waals surface area contributed by atoms with Gasteiger partial charge in [0.15, 0.2) is 6.61 Å². The third-order valence-electron chi connectivity index (χ3n) is 4.15. The van der Waals surface area contributed by atoms with E-state index in [-0.39, 0.29) is 16.8 Å². The van der Waals surface area contributed by atoms with Crippen LogP contribution < -0.4 is 9.62 Å². The predicted molar refractivity (Wildman–Crippen MR) is 101 cm³/mol. The number of ether oxygens (including phenoxy) is 1. The molecule has 0 saturated heterocycles. The molecular formula is C19H20N2O5S. The normalized spacial score (nSPS) is 13.7. The zero-order chi connectivity index (χ0) is 19.4. The zero-order valence-electron chi connectivity index (χ0n) is 14.8. The molecule has 2 aromatic rings. The SMILES string of the molecule is CN(c1ccccc1)S(=O)(=O)c1cccc(NC(=O)COC(=O)C2CC2)c1. The van der Waals surface area contributed by atoms with Crippen LogP contribution in [0.25, 0.3) is 0 Å². The molecule has 7 nitrogen and oxygen atoms in total. The molecule has 1 saturated carbocycles. The van der Waals surface area contributed by atoms with Crippen LogP contribution >= 0.6 is 0 Å². The smallest absolute Gasteiger partial charge is 0.309 e. The van der Waals surface area contributed by atoms with E-state index in [1.807, 2.05) is 0 Å². The number of anilines is 2. The molecule has 0 bridgehead atoms. The van der Waals surface area contributed by atoms with Gasteiger partial charge >= 0.3 is 5.97 Å². The van der Waals surface area contributed by atoms with E-state index in [9.17, 15) is 18.0 Å². The third kappa shape index (κ3) is 4.65. The maximum absolute atomic E-state index is 12.8. The summed E-state index contributed by atoms with van der Waals surface area (Å²) in [5.74, 6) is -0.972. The fourth-order valence-electron chi connectivity index (χ4n) is 2.44. The second-order valence-electron chi connectivity index (χ2n) is 6.27. The van der Waals surface area contributed by atoms with E-state index in [1.54, 1.807) is 36.4 Å². The first-order chi connectivity index (χ1) is 12.9. The van der Waals surface area contributed by atoms with Gasteiger partial charge < -0.3 is 10.1 Å². The van der Waals surface area contributed by atoms with Gasteiger partial charge in [0.1, 0.15) is 0 Å². The van der Waals surface area contributed by atoms with Crippen LogP contribution in [-0.2, 0) is 24.3 Å². The number of benzene rings is 2. The standard InChI is InChI=1S/C19H20N2O5S/c1-21(16-7-3-2-4-8-16)27(24,25)17-9-5-6-15(12-17)20-18(22)13-26-19(23)14-10-11-14/h2-9,12,14H,10-11,13H2,1H3,(H,20,22). The van der Waals surface area contributed by atoms with E-state index in [1.165, 1.54) is 29.6 Å². The molecule has 1 fully saturated rings. The van der Waals surface area contributed by atoms with Crippen molar-refractivity contribution in [2.75, 3.05) is 23.3 Å². The number of esters is 1. The van der Waals surface area contributed by atoms with E-state index in [2.05, 4.69) is 5.32 Å². The average molecular weight is 388 g/mol. The van der Waals surface area contributed by atoms with Crippen molar-refractivity contribution in [3.05, 3.63) is 54.6 Å². The van der Waals surface area contributed by atoms with Crippen LogP contribution in [0.1, 0.15) is 12.8 Å². The molecule has 1 amide bonds. The Labute approximate surface area is 158 Å². The number of carbonyl (C=O) groups excluding carboxylic acids is 2. The number of amides is 1. The molecule has 142 valence electrons. The van der Waals surface area contributed by atoms with Crippen LogP contribution in [0.2, 0.25) is 0 Å². The Kier molecular flexibility index (Phi) is 5.46. The first kappa shape index (κ1) is 18.9. The molecule has 8 heteroatoms. The van der Waals surface area contributed by atoms with E-state index in [0.29, 0.717) is 11.4 Å². The highest BCUT2D eigenvalue weighted by Gasteiger charge is 2.31. The van der Waals surface area contributed by atoms with Crippen LogP contribution in [0, 0.1) is 5.92 Å². The van der Waals surface area contributed by atoms with Crippen molar-refractivity contribution in [3.8, 4) is 0 Å². The molecule has 0 radical (unpaired) electrons. The van der Waals surface area contributed by atoms with Crippen molar-refractivity contribution in [1.82, 2.24) is 0 Å². The number of carbonyl (C=O) groups is 2. The fraction of sp³-hybridized carbons (Fsp3) is 0.263. The average Bonchev–Trinajstić information content (AvgIpc) is 3.52. The summed E-state index contributed by atoms with van der Waals surface area (Å²) in [6, 6.07) is 14.6. The van der Waals surface area contributed by atoms with Gasteiger partial charge in [-0.1, -0.05) is 24.3 Å². The summed E-state index contributed by atoms with van der Waals surface area (Å²) in [5, 5.41) is 2.55. The molecule has 1 N–H and O–H groups in total. The molecule has 0 unspecified atom stereocenters. The second kappa shape index (κ2) is 7.79. The second-order valence-corrected chi connectivity index (χ2v) is 8.24. The number of nitrogens with zero attached hydrogens (tertiary/aromatic N) is 1. The maximum Gasteiger partial charge on any atom is 0.309 e. The van der Waals surface area contributed by atoms with Crippen LogP contribution in [0.3, 0.4) is 0 Å². The minimum atomic E-state index is -3.78. The van der Waals surface area contributed by atoms with Crippen molar-refractivity contribution in [1.29, 1.82) is 0 Å². The van der Waals surface area contributed by atoms with Gasteiger partial charge in [-0.2, -0.15) is 0 Å². The molecule has 27 heavy (non-hydrogen) atoms. The lowest BCUT2D eigenvalue weighted by Gasteiger charge is -2.19. The summed E-state index contributed by atoms with van der Waals surface area (Å²) >= 11 is 0. The molecule has 1 aliphatic rings. The van der Waals surface area contributed by atoms with Crippen molar-refractivity contribution in [2.45, 2.75) is 17.7 Å². The Hall–Kier alpha value is -2.87. The molecule has 2 aromatic carbocycles. The zero-order valence-corrected chi connectivity index (χ0v) is 15.6. The first-order valence-electron chi connectivity index (χ1n) is 8.48. The molecular weight excluding hydrogens is 368 g/mol. The predicted octanol–water partition coefficient (Wildman–Crippen LogP) is 2.40. The molecule has 3 rings (SSSR count). The van der Waals surface area contributed by atoms with E-state index >= 15 is 0 Å². The Morgan fingerprint density at radius 3 is 2.48 bits per heavy atom. The first-order valence-corrected chi connectivity index (χ1v) is 9.92. The summed E-state index contributed by atoms with van der Waals surface area (Å²) in [6.07, 6.45) is 1.60. The lowest BCUT2D eigenvalue weighted by molar-refractivity contribution is -0.148. The van der Waals surface area contributed by atoms with Gasteiger partial charge in [-0.15, -0.1) is 0 Å². The number of nitrogens with one attached hydrogen (secondary N) is 1. The lowest BCUT2D eigenvalue weighted by atomic mass is 10.3. The number of sulfonamides is 1. The van der Waals surface area contributed by atoms with E-state index in [4.69, 9.17) is 4.74 Å². The summed E-state index contributed by atoms with van der Waals surface area (Å²) in [4.78, 5) is 23.4. The highest BCUT2D eigenvalue weighted by atomic mass is 32.2.